The van der Waals surface area contributed by atoms with Crippen LogP contribution in [0.5, 0.6) is 11.6 Å². The highest BCUT2D eigenvalue weighted by atomic mass is 32.1. The fraction of sp³-hybridized carbons (Fsp3) is 0.241. The van der Waals surface area contributed by atoms with Crippen LogP contribution in [-0.4, -0.2) is 39.1 Å². The van der Waals surface area contributed by atoms with E-state index in [0.29, 0.717) is 17.9 Å². The van der Waals surface area contributed by atoms with Crippen LogP contribution in [0.15, 0.2) is 66.3 Å². The first-order valence-electron chi connectivity index (χ1n) is 12.8. The smallest absolute Gasteiger partial charge is 0.228 e. The van der Waals surface area contributed by atoms with Crippen molar-refractivity contribution in [2.24, 2.45) is 0 Å². The van der Waals surface area contributed by atoms with Crippen molar-refractivity contribution in [3.63, 3.8) is 0 Å². The lowest BCUT2D eigenvalue weighted by Gasteiger charge is -2.23. The Hall–Kier alpha value is -4.08. The number of ether oxygens (including phenoxy) is 1. The molecule has 8 nitrogen and oxygen atoms in total. The third-order valence-corrected chi connectivity index (χ3v) is 7.40. The van der Waals surface area contributed by atoms with Gasteiger partial charge in [0.15, 0.2) is 0 Å². The van der Waals surface area contributed by atoms with E-state index in [-0.39, 0.29) is 0 Å². The maximum atomic E-state index is 6.56. The minimum absolute atomic E-state index is 0.318. The third-order valence-electron chi connectivity index (χ3n) is 6.62. The molecule has 1 fully saturated rings. The molecule has 1 aliphatic heterocycles. The van der Waals surface area contributed by atoms with Crippen molar-refractivity contribution in [2.45, 2.75) is 32.7 Å². The average Bonchev–Trinajstić information content (AvgIpc) is 3.36. The number of aryl methyl sites for hydroxylation is 2. The van der Waals surface area contributed by atoms with Gasteiger partial charge in [-0.1, -0.05) is 24.3 Å². The number of aromatic nitrogens is 4. The SMILES string of the molecule is Cc1nc(Nc2cccc3c(Oc4ncccc4-c4ccnc(N[C@H]5CCCNC5)n4)c(C)ccc23)cs1. The summed E-state index contributed by atoms with van der Waals surface area (Å²) < 4.78 is 6.56. The van der Waals surface area contributed by atoms with Gasteiger partial charge in [0.25, 0.3) is 0 Å². The molecule has 1 atom stereocenters. The number of fused-ring (bicyclic) bond motifs is 1. The van der Waals surface area contributed by atoms with Gasteiger partial charge in [-0.2, -0.15) is 0 Å². The minimum atomic E-state index is 0.318. The van der Waals surface area contributed by atoms with E-state index in [1.807, 2.05) is 43.5 Å². The fourth-order valence-electron chi connectivity index (χ4n) is 4.74. The summed E-state index contributed by atoms with van der Waals surface area (Å²) >= 11 is 1.62. The molecule has 2 aromatic carbocycles. The third kappa shape index (κ3) is 5.16. The Kier molecular flexibility index (Phi) is 6.85. The van der Waals surface area contributed by atoms with E-state index in [1.165, 1.54) is 0 Å². The predicted molar refractivity (Wildman–Crippen MR) is 154 cm³/mol. The summed E-state index contributed by atoms with van der Waals surface area (Å²) in [5, 5.41) is 15.4. The Balaban J connectivity index is 1.33. The lowest BCUT2D eigenvalue weighted by molar-refractivity contribution is 0.466. The standard InChI is InChI=1S/C29H29N7OS/c1-18-10-11-21-22(7-3-9-24(21)35-26-17-38-19(2)33-26)27(18)37-28-23(8-5-14-31-28)25-12-15-32-29(36-25)34-20-6-4-13-30-16-20/h3,5,7-12,14-15,17,20,30,35H,4,6,13,16H2,1-2H3,(H,32,34,36)/t20-/m0/s1. The van der Waals surface area contributed by atoms with E-state index < -0.39 is 0 Å². The zero-order valence-electron chi connectivity index (χ0n) is 21.4. The summed E-state index contributed by atoms with van der Waals surface area (Å²) in [5.74, 6) is 2.72. The van der Waals surface area contributed by atoms with Crippen LogP contribution in [0.4, 0.5) is 17.5 Å². The number of anilines is 3. The van der Waals surface area contributed by atoms with Crippen molar-refractivity contribution >= 4 is 39.6 Å². The largest absolute Gasteiger partial charge is 0.437 e. The highest BCUT2D eigenvalue weighted by molar-refractivity contribution is 7.09. The lowest BCUT2D eigenvalue weighted by atomic mass is 10.0. The Bertz CT molecular complexity index is 1580. The molecule has 3 aromatic heterocycles. The molecule has 0 bridgehead atoms. The number of piperidine rings is 1. The first-order valence-corrected chi connectivity index (χ1v) is 13.7. The number of rotatable bonds is 7. The predicted octanol–water partition coefficient (Wildman–Crippen LogP) is 6.46. The molecule has 38 heavy (non-hydrogen) atoms. The second-order valence-corrected chi connectivity index (χ2v) is 10.5. The van der Waals surface area contributed by atoms with E-state index in [9.17, 15) is 0 Å². The molecule has 0 spiro atoms. The normalized spacial score (nSPS) is 15.4. The number of hydrogen-bond donors (Lipinski definition) is 3. The molecule has 9 heteroatoms. The van der Waals surface area contributed by atoms with Crippen LogP contribution in [0, 0.1) is 13.8 Å². The van der Waals surface area contributed by atoms with Gasteiger partial charge in [-0.3, -0.25) is 0 Å². The second kappa shape index (κ2) is 10.7. The van der Waals surface area contributed by atoms with Crippen LogP contribution in [0.2, 0.25) is 0 Å². The molecule has 4 heterocycles. The van der Waals surface area contributed by atoms with Crippen molar-refractivity contribution in [1.29, 1.82) is 0 Å². The number of benzene rings is 2. The molecule has 0 radical (unpaired) electrons. The van der Waals surface area contributed by atoms with Crippen LogP contribution in [0.1, 0.15) is 23.4 Å². The summed E-state index contributed by atoms with van der Waals surface area (Å²) in [4.78, 5) is 18.4. The summed E-state index contributed by atoms with van der Waals surface area (Å²) in [5.41, 5.74) is 3.56. The summed E-state index contributed by atoms with van der Waals surface area (Å²) in [7, 11) is 0. The molecule has 6 rings (SSSR count). The summed E-state index contributed by atoms with van der Waals surface area (Å²) in [6, 6.07) is 16.4. The first kappa shape index (κ1) is 24.3. The molecule has 5 aromatic rings. The molecule has 0 aliphatic carbocycles. The van der Waals surface area contributed by atoms with Gasteiger partial charge in [0.1, 0.15) is 11.6 Å². The summed E-state index contributed by atoms with van der Waals surface area (Å²) in [6.07, 6.45) is 5.76. The van der Waals surface area contributed by atoms with E-state index in [4.69, 9.17) is 9.72 Å². The monoisotopic (exact) mass is 523 g/mol. The van der Waals surface area contributed by atoms with Gasteiger partial charge in [0.05, 0.1) is 16.3 Å². The van der Waals surface area contributed by atoms with Crippen molar-refractivity contribution in [2.75, 3.05) is 23.7 Å². The number of pyridine rings is 1. The van der Waals surface area contributed by atoms with Crippen molar-refractivity contribution in [3.8, 4) is 22.9 Å². The van der Waals surface area contributed by atoms with Crippen molar-refractivity contribution in [1.82, 2.24) is 25.3 Å². The number of thiazole rings is 1. The number of nitrogens with one attached hydrogen (secondary N) is 3. The zero-order chi connectivity index (χ0) is 25.9. The maximum absolute atomic E-state index is 6.56. The minimum Gasteiger partial charge on any atom is -0.437 e. The van der Waals surface area contributed by atoms with Crippen LogP contribution in [-0.2, 0) is 0 Å². The lowest BCUT2D eigenvalue weighted by Crippen LogP contribution is -2.38. The Morgan fingerprint density at radius 2 is 1.92 bits per heavy atom. The van der Waals surface area contributed by atoms with Gasteiger partial charge in [-0.15, -0.1) is 11.3 Å². The Labute approximate surface area is 225 Å². The fourth-order valence-corrected chi connectivity index (χ4v) is 5.29. The van der Waals surface area contributed by atoms with Crippen LogP contribution in [0.3, 0.4) is 0 Å². The van der Waals surface area contributed by atoms with Crippen LogP contribution in [0.25, 0.3) is 22.0 Å². The van der Waals surface area contributed by atoms with E-state index in [1.54, 1.807) is 23.7 Å². The maximum Gasteiger partial charge on any atom is 0.228 e. The van der Waals surface area contributed by atoms with Gasteiger partial charge in [0, 0.05) is 46.8 Å². The van der Waals surface area contributed by atoms with Gasteiger partial charge < -0.3 is 20.7 Å². The van der Waals surface area contributed by atoms with E-state index in [2.05, 4.69) is 55.2 Å². The van der Waals surface area contributed by atoms with Crippen molar-refractivity contribution < 1.29 is 4.74 Å². The van der Waals surface area contributed by atoms with Crippen LogP contribution < -0.4 is 20.7 Å². The quantitative estimate of drug-likeness (QED) is 0.223. The molecule has 0 saturated carbocycles. The van der Waals surface area contributed by atoms with E-state index in [0.717, 1.165) is 75.8 Å². The number of nitrogens with zero attached hydrogens (tertiary/aromatic N) is 4. The molecule has 3 N–H and O–H groups in total. The van der Waals surface area contributed by atoms with Gasteiger partial charge in [-0.25, -0.2) is 19.9 Å². The zero-order valence-corrected chi connectivity index (χ0v) is 22.2. The average molecular weight is 524 g/mol. The molecule has 0 unspecified atom stereocenters. The topological polar surface area (TPSA) is 96.9 Å². The second-order valence-electron chi connectivity index (χ2n) is 9.40. The van der Waals surface area contributed by atoms with Gasteiger partial charge >= 0.3 is 0 Å². The molecule has 192 valence electrons. The first-order chi connectivity index (χ1) is 18.6. The highest BCUT2D eigenvalue weighted by Gasteiger charge is 2.17. The highest BCUT2D eigenvalue weighted by Crippen LogP contribution is 2.39. The molecular formula is C29H29N7OS. The van der Waals surface area contributed by atoms with Gasteiger partial charge in [0.2, 0.25) is 11.8 Å². The van der Waals surface area contributed by atoms with Crippen LogP contribution >= 0.6 is 11.3 Å². The molecule has 1 aliphatic rings. The van der Waals surface area contributed by atoms with E-state index >= 15 is 0 Å². The summed E-state index contributed by atoms with van der Waals surface area (Å²) in [6.45, 7) is 6.02. The Morgan fingerprint density at radius 3 is 2.76 bits per heavy atom. The van der Waals surface area contributed by atoms with Crippen molar-refractivity contribution in [3.05, 3.63) is 76.9 Å². The Morgan fingerprint density at radius 1 is 0.974 bits per heavy atom. The molecule has 0 amide bonds. The number of hydrogen-bond acceptors (Lipinski definition) is 9. The molecular weight excluding hydrogens is 494 g/mol. The molecule has 1 saturated heterocycles. The van der Waals surface area contributed by atoms with Gasteiger partial charge in [-0.05, 0) is 63.1 Å².